The number of nitrogens with one attached hydrogen (secondary N) is 1. The number of nitrogen functional groups attached to an aromatic ring is 1. The van der Waals surface area contributed by atoms with Crippen LogP contribution in [-0.4, -0.2) is 6.54 Å². The fourth-order valence-electron chi connectivity index (χ4n) is 1.54. The van der Waals surface area contributed by atoms with Gasteiger partial charge in [-0.15, -0.1) is 0 Å². The maximum Gasteiger partial charge on any atom is 0.0346 e. The summed E-state index contributed by atoms with van der Waals surface area (Å²) in [5.74, 6) is 0.658. The Balaban J connectivity index is 2.44. The van der Waals surface area contributed by atoms with E-state index in [0.29, 0.717) is 11.3 Å². The molecule has 1 rings (SSSR count). The number of aryl methyl sites for hydroxylation is 1. The maximum atomic E-state index is 5.89. The summed E-state index contributed by atoms with van der Waals surface area (Å²) in [6.07, 6.45) is 0. The van der Waals surface area contributed by atoms with Crippen molar-refractivity contribution in [3.63, 3.8) is 0 Å². The van der Waals surface area contributed by atoms with Crippen molar-refractivity contribution in [2.75, 3.05) is 12.3 Å². The van der Waals surface area contributed by atoms with Gasteiger partial charge in [0.1, 0.15) is 0 Å². The summed E-state index contributed by atoms with van der Waals surface area (Å²) in [6, 6.07) is 6.28. The molecule has 1 aromatic carbocycles. The Kier molecular flexibility index (Phi) is 4.58. The molecule has 0 bridgehead atoms. The lowest BCUT2D eigenvalue weighted by atomic mass is 9.82. The maximum absolute atomic E-state index is 5.89. The molecular weight excluding hydrogens is 208 g/mol. The molecule has 0 saturated heterocycles. The van der Waals surface area contributed by atoms with E-state index in [2.05, 4.69) is 51.2 Å². The van der Waals surface area contributed by atoms with Crippen LogP contribution in [0.3, 0.4) is 0 Å². The molecule has 1 atom stereocenters. The van der Waals surface area contributed by atoms with Crippen molar-refractivity contribution in [1.82, 2.24) is 5.32 Å². The molecular formula is C15H26N2. The highest BCUT2D eigenvalue weighted by Gasteiger charge is 2.18. The Morgan fingerprint density at radius 1 is 1.29 bits per heavy atom. The van der Waals surface area contributed by atoms with Gasteiger partial charge >= 0.3 is 0 Å². The number of rotatable bonds is 4. The van der Waals surface area contributed by atoms with Crippen LogP contribution in [0.1, 0.15) is 38.8 Å². The van der Waals surface area contributed by atoms with Crippen molar-refractivity contribution in [2.45, 2.75) is 41.2 Å². The van der Waals surface area contributed by atoms with Crippen molar-refractivity contribution in [3.05, 3.63) is 29.3 Å². The fourth-order valence-corrected chi connectivity index (χ4v) is 1.54. The Labute approximate surface area is 106 Å². The minimum atomic E-state index is 0.360. The zero-order valence-electron chi connectivity index (χ0n) is 11.8. The van der Waals surface area contributed by atoms with Crippen LogP contribution in [0.5, 0.6) is 0 Å². The Morgan fingerprint density at radius 2 is 1.94 bits per heavy atom. The smallest absolute Gasteiger partial charge is 0.0346 e. The van der Waals surface area contributed by atoms with Crippen LogP contribution in [0, 0.1) is 18.3 Å². The van der Waals surface area contributed by atoms with Crippen LogP contribution >= 0.6 is 0 Å². The number of benzene rings is 1. The van der Waals surface area contributed by atoms with Gasteiger partial charge in [0.05, 0.1) is 0 Å². The normalized spacial score (nSPS) is 13.7. The zero-order valence-corrected chi connectivity index (χ0v) is 11.8. The van der Waals surface area contributed by atoms with Gasteiger partial charge < -0.3 is 11.1 Å². The predicted molar refractivity (Wildman–Crippen MR) is 75.9 cm³/mol. The van der Waals surface area contributed by atoms with Crippen molar-refractivity contribution in [1.29, 1.82) is 0 Å². The molecule has 0 amide bonds. The van der Waals surface area contributed by atoms with Gasteiger partial charge in [-0.25, -0.2) is 0 Å². The van der Waals surface area contributed by atoms with Gasteiger partial charge in [0.2, 0.25) is 0 Å². The number of anilines is 1. The van der Waals surface area contributed by atoms with Gasteiger partial charge in [-0.3, -0.25) is 0 Å². The number of hydrogen-bond donors (Lipinski definition) is 2. The molecule has 2 heteroatoms. The predicted octanol–water partition coefficient (Wildman–Crippen LogP) is 3.35. The van der Waals surface area contributed by atoms with E-state index in [4.69, 9.17) is 5.73 Å². The first-order chi connectivity index (χ1) is 7.80. The molecule has 0 spiro atoms. The van der Waals surface area contributed by atoms with E-state index in [9.17, 15) is 0 Å². The van der Waals surface area contributed by atoms with E-state index in [1.165, 1.54) is 5.56 Å². The van der Waals surface area contributed by atoms with Crippen molar-refractivity contribution in [2.24, 2.45) is 11.3 Å². The van der Waals surface area contributed by atoms with E-state index in [-0.39, 0.29) is 0 Å². The van der Waals surface area contributed by atoms with Crippen LogP contribution in [0.25, 0.3) is 0 Å². The lowest BCUT2D eigenvalue weighted by molar-refractivity contribution is 0.252. The molecule has 0 saturated carbocycles. The Bertz CT molecular complexity index is 364. The molecule has 0 fully saturated rings. The summed E-state index contributed by atoms with van der Waals surface area (Å²) in [5, 5.41) is 3.50. The first kappa shape index (κ1) is 14.0. The minimum Gasteiger partial charge on any atom is -0.399 e. The Morgan fingerprint density at radius 3 is 2.47 bits per heavy atom. The lowest BCUT2D eigenvalue weighted by Crippen LogP contribution is -2.29. The molecule has 96 valence electrons. The van der Waals surface area contributed by atoms with E-state index >= 15 is 0 Å². The molecule has 2 nitrogen and oxygen atoms in total. The van der Waals surface area contributed by atoms with Gasteiger partial charge in [0, 0.05) is 12.2 Å². The molecule has 0 heterocycles. The molecule has 0 aliphatic heterocycles. The molecule has 0 radical (unpaired) electrons. The minimum absolute atomic E-state index is 0.360. The highest BCUT2D eigenvalue weighted by atomic mass is 14.9. The summed E-state index contributed by atoms with van der Waals surface area (Å²) in [6.45, 7) is 13.1. The van der Waals surface area contributed by atoms with Crippen LogP contribution < -0.4 is 11.1 Å². The third kappa shape index (κ3) is 4.39. The second-order valence-corrected chi connectivity index (χ2v) is 6.09. The van der Waals surface area contributed by atoms with E-state index in [1.807, 2.05) is 6.92 Å². The third-order valence-electron chi connectivity index (χ3n) is 3.60. The van der Waals surface area contributed by atoms with Gasteiger partial charge in [-0.05, 0) is 42.0 Å². The molecule has 3 N–H and O–H groups in total. The SMILES string of the molecule is Cc1ccc(CNCC(C)C(C)(C)C)cc1N. The van der Waals surface area contributed by atoms with Crippen molar-refractivity contribution >= 4 is 5.69 Å². The zero-order chi connectivity index (χ0) is 13.1. The summed E-state index contributed by atoms with van der Waals surface area (Å²) in [5.41, 5.74) is 9.54. The topological polar surface area (TPSA) is 38.0 Å². The van der Waals surface area contributed by atoms with Gasteiger partial charge in [0.15, 0.2) is 0 Å². The van der Waals surface area contributed by atoms with Crippen LogP contribution in [0.15, 0.2) is 18.2 Å². The van der Waals surface area contributed by atoms with E-state index in [0.717, 1.165) is 24.3 Å². The standard InChI is InChI=1S/C15H26N2/c1-11-6-7-13(8-14(11)16)10-17-9-12(2)15(3,4)5/h6-8,12,17H,9-10,16H2,1-5H3. The van der Waals surface area contributed by atoms with Gasteiger partial charge in [-0.2, -0.15) is 0 Å². The summed E-state index contributed by atoms with van der Waals surface area (Å²) < 4.78 is 0. The van der Waals surface area contributed by atoms with Crippen LogP contribution in [0.2, 0.25) is 0 Å². The summed E-state index contributed by atoms with van der Waals surface area (Å²) in [7, 11) is 0. The van der Waals surface area contributed by atoms with Crippen LogP contribution in [-0.2, 0) is 6.54 Å². The summed E-state index contributed by atoms with van der Waals surface area (Å²) >= 11 is 0. The number of hydrogen-bond acceptors (Lipinski definition) is 2. The summed E-state index contributed by atoms with van der Waals surface area (Å²) in [4.78, 5) is 0. The molecule has 0 aromatic heterocycles. The fraction of sp³-hybridized carbons (Fsp3) is 0.600. The quantitative estimate of drug-likeness (QED) is 0.784. The average Bonchev–Trinajstić information content (AvgIpc) is 2.22. The van der Waals surface area contributed by atoms with Crippen molar-refractivity contribution < 1.29 is 0 Å². The highest BCUT2D eigenvalue weighted by molar-refractivity contribution is 5.48. The first-order valence-electron chi connectivity index (χ1n) is 6.36. The van der Waals surface area contributed by atoms with E-state index in [1.54, 1.807) is 0 Å². The van der Waals surface area contributed by atoms with E-state index < -0.39 is 0 Å². The largest absolute Gasteiger partial charge is 0.399 e. The lowest BCUT2D eigenvalue weighted by Gasteiger charge is -2.27. The third-order valence-corrected chi connectivity index (χ3v) is 3.60. The molecule has 0 aliphatic rings. The van der Waals surface area contributed by atoms with Gasteiger partial charge in [0.25, 0.3) is 0 Å². The molecule has 1 aromatic rings. The van der Waals surface area contributed by atoms with Gasteiger partial charge in [-0.1, -0.05) is 39.8 Å². The van der Waals surface area contributed by atoms with Crippen molar-refractivity contribution in [3.8, 4) is 0 Å². The highest BCUT2D eigenvalue weighted by Crippen LogP contribution is 2.24. The molecule has 1 unspecified atom stereocenters. The Hall–Kier alpha value is -1.02. The first-order valence-corrected chi connectivity index (χ1v) is 6.36. The molecule has 0 aliphatic carbocycles. The van der Waals surface area contributed by atoms with Crippen LogP contribution in [0.4, 0.5) is 5.69 Å². The molecule has 17 heavy (non-hydrogen) atoms. The number of nitrogens with two attached hydrogens (primary N) is 1. The average molecular weight is 234 g/mol. The second-order valence-electron chi connectivity index (χ2n) is 6.09. The monoisotopic (exact) mass is 234 g/mol. The second kappa shape index (κ2) is 5.54.